The normalized spacial score (nSPS) is 18.1. The first-order valence-electron chi connectivity index (χ1n) is 9.86. The molecule has 1 saturated heterocycles. The van der Waals surface area contributed by atoms with Gasteiger partial charge in [0.1, 0.15) is 17.3 Å². The Morgan fingerprint density at radius 3 is 2.58 bits per heavy atom. The SMILES string of the molecule is CCOc1cc(/C(O)=C2\C(=O)C(=O)N(CCN(C)C)C2c2ccccc2F)ccc1Cl. The summed E-state index contributed by atoms with van der Waals surface area (Å²) in [4.78, 5) is 28.9. The molecule has 1 aliphatic heterocycles. The van der Waals surface area contributed by atoms with E-state index in [1.165, 1.54) is 41.3 Å². The second-order valence-corrected chi connectivity index (χ2v) is 7.80. The Hall–Kier alpha value is -2.90. The minimum Gasteiger partial charge on any atom is -0.507 e. The molecule has 164 valence electrons. The number of rotatable bonds is 7. The highest BCUT2D eigenvalue weighted by molar-refractivity contribution is 6.46. The minimum atomic E-state index is -1.05. The van der Waals surface area contributed by atoms with Gasteiger partial charge in [-0.15, -0.1) is 0 Å². The average molecular weight is 447 g/mol. The molecule has 31 heavy (non-hydrogen) atoms. The van der Waals surface area contributed by atoms with Crippen LogP contribution in [-0.4, -0.2) is 60.4 Å². The Bertz CT molecular complexity index is 1040. The van der Waals surface area contributed by atoms with Gasteiger partial charge in [-0.3, -0.25) is 9.59 Å². The molecular weight excluding hydrogens is 423 g/mol. The molecule has 0 saturated carbocycles. The van der Waals surface area contributed by atoms with E-state index in [0.29, 0.717) is 23.9 Å². The van der Waals surface area contributed by atoms with Crippen molar-refractivity contribution in [2.45, 2.75) is 13.0 Å². The Morgan fingerprint density at radius 1 is 1.23 bits per heavy atom. The van der Waals surface area contributed by atoms with Crippen LogP contribution in [0.1, 0.15) is 24.1 Å². The van der Waals surface area contributed by atoms with Crippen molar-refractivity contribution in [2.75, 3.05) is 33.8 Å². The first-order valence-corrected chi connectivity index (χ1v) is 10.2. The lowest BCUT2D eigenvalue weighted by molar-refractivity contribution is -0.140. The standard InChI is InChI=1S/C23H24ClFN2O4/c1-4-31-18-13-14(9-10-16(18)24)21(28)19-20(15-7-5-6-8-17(15)25)27(12-11-26(2)3)23(30)22(19)29/h5-10,13,20,28H,4,11-12H2,1-3H3/b21-19+. The minimum absolute atomic E-state index is 0.140. The van der Waals surface area contributed by atoms with Crippen molar-refractivity contribution in [1.29, 1.82) is 0 Å². The second kappa shape index (κ2) is 9.49. The van der Waals surface area contributed by atoms with E-state index in [2.05, 4.69) is 0 Å². The summed E-state index contributed by atoms with van der Waals surface area (Å²) in [6.07, 6.45) is 0. The van der Waals surface area contributed by atoms with Crippen molar-refractivity contribution in [3.63, 3.8) is 0 Å². The summed E-state index contributed by atoms with van der Waals surface area (Å²) in [6, 6.07) is 9.41. The van der Waals surface area contributed by atoms with Crippen molar-refractivity contribution in [2.24, 2.45) is 0 Å². The predicted molar refractivity (Wildman–Crippen MR) is 117 cm³/mol. The first-order chi connectivity index (χ1) is 14.8. The van der Waals surface area contributed by atoms with Crippen LogP contribution in [0.5, 0.6) is 5.75 Å². The third-order valence-corrected chi connectivity index (χ3v) is 5.34. The monoisotopic (exact) mass is 446 g/mol. The fourth-order valence-electron chi connectivity index (χ4n) is 3.51. The van der Waals surface area contributed by atoms with Crippen LogP contribution in [0.4, 0.5) is 4.39 Å². The number of hydrogen-bond donors (Lipinski definition) is 1. The number of hydrogen-bond acceptors (Lipinski definition) is 5. The van der Waals surface area contributed by atoms with Crippen LogP contribution in [-0.2, 0) is 9.59 Å². The molecule has 3 rings (SSSR count). The van der Waals surface area contributed by atoms with Crippen LogP contribution in [0.3, 0.4) is 0 Å². The summed E-state index contributed by atoms with van der Waals surface area (Å²) in [5.74, 6) is -2.29. The largest absolute Gasteiger partial charge is 0.507 e. The molecule has 0 aliphatic carbocycles. The summed E-state index contributed by atoms with van der Waals surface area (Å²) < 4.78 is 20.2. The molecule has 0 aromatic heterocycles. The number of ether oxygens (including phenoxy) is 1. The maximum atomic E-state index is 14.7. The predicted octanol–water partition coefficient (Wildman–Crippen LogP) is 3.86. The van der Waals surface area contributed by atoms with Crippen molar-refractivity contribution >= 4 is 29.1 Å². The van der Waals surface area contributed by atoms with E-state index in [-0.39, 0.29) is 23.2 Å². The number of Topliss-reactive ketones (excluding diaryl/α,β-unsaturated/α-hetero) is 1. The van der Waals surface area contributed by atoms with Gasteiger partial charge in [0.15, 0.2) is 0 Å². The summed E-state index contributed by atoms with van der Waals surface area (Å²) >= 11 is 6.12. The number of aliphatic hydroxyl groups excluding tert-OH is 1. The van der Waals surface area contributed by atoms with Gasteiger partial charge in [0.25, 0.3) is 11.7 Å². The summed E-state index contributed by atoms with van der Waals surface area (Å²) in [5.41, 5.74) is 0.222. The van der Waals surface area contributed by atoms with E-state index in [1.54, 1.807) is 13.0 Å². The van der Waals surface area contributed by atoms with Gasteiger partial charge in [0.05, 0.1) is 23.2 Å². The molecule has 1 aliphatic rings. The maximum Gasteiger partial charge on any atom is 0.295 e. The molecule has 1 N–H and O–H groups in total. The van der Waals surface area contributed by atoms with Gasteiger partial charge in [-0.2, -0.15) is 0 Å². The average Bonchev–Trinajstić information content (AvgIpc) is 2.98. The van der Waals surface area contributed by atoms with E-state index in [0.717, 1.165) is 0 Å². The van der Waals surface area contributed by atoms with Gasteiger partial charge >= 0.3 is 0 Å². The van der Waals surface area contributed by atoms with E-state index in [4.69, 9.17) is 16.3 Å². The van der Waals surface area contributed by atoms with Crippen molar-refractivity contribution in [3.8, 4) is 5.75 Å². The zero-order valence-electron chi connectivity index (χ0n) is 17.6. The van der Waals surface area contributed by atoms with E-state index >= 15 is 0 Å². The number of nitrogens with zero attached hydrogens (tertiary/aromatic N) is 2. The van der Waals surface area contributed by atoms with Gasteiger partial charge in [0.2, 0.25) is 0 Å². The lowest BCUT2D eigenvalue weighted by Crippen LogP contribution is -2.35. The van der Waals surface area contributed by atoms with Crippen LogP contribution in [0.15, 0.2) is 48.0 Å². The molecule has 1 amide bonds. The molecule has 8 heteroatoms. The van der Waals surface area contributed by atoms with Crippen LogP contribution in [0, 0.1) is 5.82 Å². The van der Waals surface area contributed by atoms with Crippen LogP contribution >= 0.6 is 11.6 Å². The number of carbonyl (C=O) groups is 2. The number of amides is 1. The summed E-state index contributed by atoms with van der Waals surface area (Å²) in [5, 5.41) is 11.4. The lowest BCUT2D eigenvalue weighted by Gasteiger charge is -2.26. The zero-order valence-corrected chi connectivity index (χ0v) is 18.3. The summed E-state index contributed by atoms with van der Waals surface area (Å²) in [7, 11) is 3.66. The molecule has 1 unspecified atom stereocenters. The zero-order chi connectivity index (χ0) is 22.7. The number of likely N-dealkylation sites (N-methyl/N-ethyl adjacent to an activating group) is 1. The second-order valence-electron chi connectivity index (χ2n) is 7.40. The van der Waals surface area contributed by atoms with E-state index in [9.17, 15) is 19.1 Å². The number of halogens is 2. The third kappa shape index (κ3) is 4.57. The lowest BCUT2D eigenvalue weighted by atomic mass is 9.95. The Labute approximate surface area is 185 Å². The molecule has 2 aromatic carbocycles. The molecule has 0 radical (unpaired) electrons. The number of benzene rings is 2. The Morgan fingerprint density at radius 2 is 1.94 bits per heavy atom. The third-order valence-electron chi connectivity index (χ3n) is 5.03. The van der Waals surface area contributed by atoms with Crippen molar-refractivity contribution in [1.82, 2.24) is 9.80 Å². The topological polar surface area (TPSA) is 70.1 Å². The van der Waals surface area contributed by atoms with Crippen LogP contribution in [0.25, 0.3) is 5.76 Å². The molecule has 1 fully saturated rings. The quantitative estimate of drug-likeness (QED) is 0.397. The molecule has 1 heterocycles. The van der Waals surface area contributed by atoms with Crippen molar-refractivity contribution < 1.29 is 23.8 Å². The number of aliphatic hydroxyl groups is 1. The number of likely N-dealkylation sites (tertiary alicyclic amines) is 1. The fourth-order valence-corrected chi connectivity index (χ4v) is 3.68. The molecular formula is C23H24ClFN2O4. The highest BCUT2D eigenvalue weighted by atomic mass is 35.5. The van der Waals surface area contributed by atoms with Gasteiger partial charge < -0.3 is 19.6 Å². The van der Waals surface area contributed by atoms with E-state index < -0.39 is 29.3 Å². The Kier molecular flexibility index (Phi) is 6.97. The fraction of sp³-hybridized carbons (Fsp3) is 0.304. The number of ketones is 1. The maximum absolute atomic E-state index is 14.7. The van der Waals surface area contributed by atoms with Crippen LogP contribution in [0.2, 0.25) is 5.02 Å². The summed E-state index contributed by atoms with van der Waals surface area (Å²) in [6.45, 7) is 2.80. The highest BCUT2D eigenvalue weighted by Gasteiger charge is 2.46. The van der Waals surface area contributed by atoms with Gasteiger partial charge in [-0.1, -0.05) is 29.8 Å². The smallest absolute Gasteiger partial charge is 0.295 e. The van der Waals surface area contributed by atoms with Gasteiger partial charge in [-0.25, -0.2) is 4.39 Å². The van der Waals surface area contributed by atoms with Gasteiger partial charge in [-0.05, 0) is 45.3 Å². The number of carbonyl (C=O) groups excluding carboxylic acids is 2. The van der Waals surface area contributed by atoms with E-state index in [1.807, 2.05) is 19.0 Å². The molecule has 6 nitrogen and oxygen atoms in total. The molecule has 0 spiro atoms. The Balaban J connectivity index is 2.17. The highest BCUT2D eigenvalue weighted by Crippen LogP contribution is 2.41. The molecule has 0 bridgehead atoms. The van der Waals surface area contributed by atoms with Gasteiger partial charge in [0, 0.05) is 24.2 Å². The van der Waals surface area contributed by atoms with Crippen molar-refractivity contribution in [3.05, 3.63) is 70.0 Å². The molecule has 1 atom stereocenters. The first kappa shape index (κ1) is 22.8. The van der Waals surface area contributed by atoms with Crippen LogP contribution < -0.4 is 4.74 Å². The molecule has 2 aromatic rings.